The molecule has 3 heterocycles. The van der Waals surface area contributed by atoms with Gasteiger partial charge in [-0.15, -0.1) is 0 Å². The molecule has 4 rings (SSSR count). The minimum Gasteiger partial charge on any atom is -0.491 e. The lowest BCUT2D eigenvalue weighted by atomic mass is 9.88. The average Bonchev–Trinajstić information content (AvgIpc) is 2.99. The Labute approximate surface area is 161 Å². The SMILES string of the molecule is CS(=O)(=O)N1CCN(c2ccc(OC[C@]3(O)C[C@H]4CC[C@@H](C3)N4)cc2)CC1. The number of sulfonamides is 1. The smallest absolute Gasteiger partial charge is 0.211 e. The van der Waals surface area contributed by atoms with Gasteiger partial charge < -0.3 is 20.1 Å². The molecule has 0 unspecified atom stereocenters. The molecule has 3 atom stereocenters. The van der Waals surface area contributed by atoms with Gasteiger partial charge in [-0.2, -0.15) is 4.31 Å². The van der Waals surface area contributed by atoms with Gasteiger partial charge >= 0.3 is 0 Å². The van der Waals surface area contributed by atoms with Crippen LogP contribution in [0.5, 0.6) is 5.75 Å². The lowest BCUT2D eigenvalue weighted by molar-refractivity contribution is -0.0421. The number of nitrogens with zero attached hydrogens (tertiary/aromatic N) is 2. The predicted octanol–water partition coefficient (Wildman–Crippen LogP) is 0.792. The Hall–Kier alpha value is -1.35. The first-order valence-corrected chi connectivity index (χ1v) is 11.6. The molecule has 27 heavy (non-hydrogen) atoms. The van der Waals surface area contributed by atoms with Crippen LogP contribution < -0.4 is 15.0 Å². The topological polar surface area (TPSA) is 82.1 Å². The molecule has 0 saturated carbocycles. The molecular formula is C19H29N3O4S. The Kier molecular flexibility index (Phi) is 5.09. The minimum atomic E-state index is -3.11. The number of aliphatic hydroxyl groups is 1. The van der Waals surface area contributed by atoms with E-state index in [-0.39, 0.29) is 0 Å². The molecule has 150 valence electrons. The van der Waals surface area contributed by atoms with Gasteiger partial charge in [-0.25, -0.2) is 8.42 Å². The maximum atomic E-state index is 11.6. The molecule has 0 aromatic heterocycles. The molecule has 3 aliphatic rings. The van der Waals surface area contributed by atoms with Crippen molar-refractivity contribution in [3.8, 4) is 5.75 Å². The second-order valence-electron chi connectivity index (χ2n) is 8.20. The van der Waals surface area contributed by atoms with Gasteiger partial charge in [-0.1, -0.05) is 0 Å². The molecule has 0 radical (unpaired) electrons. The second kappa shape index (κ2) is 7.24. The Morgan fingerprint density at radius 3 is 2.26 bits per heavy atom. The summed E-state index contributed by atoms with van der Waals surface area (Å²) in [5, 5.41) is 14.4. The maximum Gasteiger partial charge on any atom is 0.211 e. The third-order valence-electron chi connectivity index (χ3n) is 6.00. The summed E-state index contributed by atoms with van der Waals surface area (Å²) < 4.78 is 30.6. The standard InChI is InChI=1S/C19H29N3O4S/c1-27(24,25)22-10-8-21(9-11-22)17-4-6-18(7-5-17)26-14-19(23)12-15-2-3-16(13-19)20-15/h4-7,15-16,20,23H,2-3,8-14H2,1H3/t15-,16+,19+. The largest absolute Gasteiger partial charge is 0.491 e. The molecule has 3 aliphatic heterocycles. The number of piperidine rings is 1. The predicted molar refractivity (Wildman–Crippen MR) is 105 cm³/mol. The van der Waals surface area contributed by atoms with Crippen LogP contribution in [0.25, 0.3) is 0 Å². The molecule has 3 fully saturated rings. The lowest BCUT2D eigenvalue weighted by Gasteiger charge is -2.37. The number of ether oxygens (including phenoxy) is 1. The van der Waals surface area contributed by atoms with E-state index in [1.165, 1.54) is 10.6 Å². The highest BCUT2D eigenvalue weighted by Crippen LogP contribution is 2.34. The highest BCUT2D eigenvalue weighted by atomic mass is 32.2. The van der Waals surface area contributed by atoms with Gasteiger partial charge in [0.25, 0.3) is 0 Å². The van der Waals surface area contributed by atoms with E-state index in [9.17, 15) is 13.5 Å². The van der Waals surface area contributed by atoms with Gasteiger partial charge in [0, 0.05) is 44.0 Å². The van der Waals surface area contributed by atoms with E-state index in [1.807, 2.05) is 24.3 Å². The van der Waals surface area contributed by atoms with E-state index < -0.39 is 15.6 Å². The summed E-state index contributed by atoms with van der Waals surface area (Å²) in [5.41, 5.74) is 0.326. The van der Waals surface area contributed by atoms with Crippen molar-refractivity contribution in [3.63, 3.8) is 0 Å². The van der Waals surface area contributed by atoms with E-state index in [2.05, 4.69) is 10.2 Å². The number of rotatable bonds is 5. The van der Waals surface area contributed by atoms with Gasteiger partial charge in [-0.3, -0.25) is 0 Å². The zero-order valence-electron chi connectivity index (χ0n) is 15.8. The highest BCUT2D eigenvalue weighted by Gasteiger charge is 2.42. The summed E-state index contributed by atoms with van der Waals surface area (Å²) in [7, 11) is -3.11. The first-order valence-electron chi connectivity index (χ1n) is 9.72. The Bertz CT molecular complexity index is 748. The van der Waals surface area contributed by atoms with Crippen molar-refractivity contribution in [1.82, 2.24) is 9.62 Å². The van der Waals surface area contributed by atoms with Gasteiger partial charge in [0.1, 0.15) is 18.0 Å². The van der Waals surface area contributed by atoms with Crippen LogP contribution in [0.1, 0.15) is 25.7 Å². The molecule has 0 amide bonds. The van der Waals surface area contributed by atoms with Crippen molar-refractivity contribution in [1.29, 1.82) is 0 Å². The molecule has 2 N–H and O–H groups in total. The third kappa shape index (κ3) is 4.39. The Balaban J connectivity index is 1.31. The monoisotopic (exact) mass is 395 g/mol. The summed E-state index contributed by atoms with van der Waals surface area (Å²) in [5.74, 6) is 0.757. The summed E-state index contributed by atoms with van der Waals surface area (Å²) in [4.78, 5) is 2.18. The Morgan fingerprint density at radius 1 is 1.11 bits per heavy atom. The van der Waals surface area contributed by atoms with Crippen molar-refractivity contribution < 1.29 is 18.3 Å². The van der Waals surface area contributed by atoms with E-state index >= 15 is 0 Å². The normalized spacial score (nSPS) is 31.9. The van der Waals surface area contributed by atoms with E-state index in [4.69, 9.17) is 4.74 Å². The average molecular weight is 396 g/mol. The van der Waals surface area contributed by atoms with Crippen LogP contribution in [0.3, 0.4) is 0 Å². The van der Waals surface area contributed by atoms with Crippen molar-refractivity contribution in [2.45, 2.75) is 43.4 Å². The first kappa shape index (κ1) is 19.0. The van der Waals surface area contributed by atoms with Crippen LogP contribution in [0.4, 0.5) is 5.69 Å². The van der Waals surface area contributed by atoms with Crippen LogP contribution in [0, 0.1) is 0 Å². The van der Waals surface area contributed by atoms with Crippen molar-refractivity contribution in [3.05, 3.63) is 24.3 Å². The highest BCUT2D eigenvalue weighted by molar-refractivity contribution is 7.88. The number of hydrogen-bond acceptors (Lipinski definition) is 6. The first-order chi connectivity index (χ1) is 12.8. The molecule has 3 saturated heterocycles. The van der Waals surface area contributed by atoms with E-state index in [1.54, 1.807) is 0 Å². The van der Waals surface area contributed by atoms with Crippen LogP contribution in [-0.4, -0.2) is 74.6 Å². The number of benzene rings is 1. The molecular weight excluding hydrogens is 366 g/mol. The fourth-order valence-corrected chi connectivity index (χ4v) is 5.42. The number of fused-ring (bicyclic) bond motifs is 2. The molecule has 1 aromatic carbocycles. The fourth-order valence-electron chi connectivity index (χ4n) is 4.59. The van der Waals surface area contributed by atoms with Gasteiger partial charge in [-0.05, 0) is 49.9 Å². The van der Waals surface area contributed by atoms with E-state index in [0.29, 0.717) is 44.9 Å². The third-order valence-corrected chi connectivity index (χ3v) is 7.31. The van der Waals surface area contributed by atoms with Gasteiger partial charge in [0.05, 0.1) is 6.26 Å². The van der Waals surface area contributed by atoms with Crippen molar-refractivity contribution in [2.24, 2.45) is 0 Å². The summed E-state index contributed by atoms with van der Waals surface area (Å²) in [6, 6.07) is 8.70. The summed E-state index contributed by atoms with van der Waals surface area (Å²) in [6.45, 7) is 2.72. The quantitative estimate of drug-likeness (QED) is 0.767. The summed E-state index contributed by atoms with van der Waals surface area (Å²) in [6.07, 6.45) is 5.07. The molecule has 8 heteroatoms. The van der Waals surface area contributed by atoms with Crippen molar-refractivity contribution in [2.75, 3.05) is 43.9 Å². The van der Waals surface area contributed by atoms with E-state index in [0.717, 1.165) is 37.1 Å². The van der Waals surface area contributed by atoms with Crippen LogP contribution in [0.15, 0.2) is 24.3 Å². The second-order valence-corrected chi connectivity index (χ2v) is 10.2. The number of hydrogen-bond donors (Lipinski definition) is 2. The number of piperazine rings is 1. The lowest BCUT2D eigenvalue weighted by Crippen LogP contribution is -2.51. The Morgan fingerprint density at radius 2 is 1.70 bits per heavy atom. The number of anilines is 1. The molecule has 2 bridgehead atoms. The fraction of sp³-hybridized carbons (Fsp3) is 0.684. The maximum absolute atomic E-state index is 11.6. The molecule has 0 aliphatic carbocycles. The minimum absolute atomic E-state index is 0.327. The van der Waals surface area contributed by atoms with Crippen LogP contribution in [-0.2, 0) is 10.0 Å². The zero-order chi connectivity index (χ0) is 19.1. The van der Waals surface area contributed by atoms with Gasteiger partial charge in [0.15, 0.2) is 0 Å². The zero-order valence-corrected chi connectivity index (χ0v) is 16.6. The van der Waals surface area contributed by atoms with Crippen molar-refractivity contribution >= 4 is 15.7 Å². The molecule has 7 nitrogen and oxygen atoms in total. The van der Waals surface area contributed by atoms with Gasteiger partial charge in [0.2, 0.25) is 10.0 Å². The summed E-state index contributed by atoms with van der Waals surface area (Å²) >= 11 is 0. The molecule has 1 aromatic rings. The van der Waals surface area contributed by atoms with Crippen LogP contribution in [0.2, 0.25) is 0 Å². The number of nitrogens with one attached hydrogen (secondary N) is 1. The molecule has 0 spiro atoms. The van der Waals surface area contributed by atoms with Crippen LogP contribution >= 0.6 is 0 Å².